The minimum absolute atomic E-state index is 0.0720. The maximum absolute atomic E-state index is 12.6. The first kappa shape index (κ1) is 16.2. The van der Waals surface area contributed by atoms with Crippen LogP contribution in [0.4, 0.5) is 24.7 Å². The molecular weight excluding hydrogens is 323 g/mol. The molecular formula is C16H14F3N3O2. The van der Waals surface area contributed by atoms with Crippen LogP contribution in [0.3, 0.4) is 0 Å². The van der Waals surface area contributed by atoms with Crippen LogP contribution in [-0.4, -0.2) is 23.0 Å². The van der Waals surface area contributed by atoms with Gasteiger partial charge >= 0.3 is 6.18 Å². The van der Waals surface area contributed by atoms with E-state index in [0.717, 1.165) is 24.1 Å². The highest BCUT2D eigenvalue weighted by Gasteiger charge is 2.31. The van der Waals surface area contributed by atoms with E-state index in [1.807, 2.05) is 4.90 Å². The van der Waals surface area contributed by atoms with Gasteiger partial charge in [0.2, 0.25) is 0 Å². The molecule has 24 heavy (non-hydrogen) atoms. The molecule has 0 amide bonds. The fourth-order valence-corrected chi connectivity index (χ4v) is 2.86. The van der Waals surface area contributed by atoms with Gasteiger partial charge in [0.15, 0.2) is 0 Å². The first-order valence-electron chi connectivity index (χ1n) is 7.37. The second-order valence-corrected chi connectivity index (χ2v) is 5.68. The van der Waals surface area contributed by atoms with Crippen molar-refractivity contribution < 1.29 is 18.1 Å². The molecule has 126 valence electrons. The molecule has 2 heterocycles. The van der Waals surface area contributed by atoms with Crippen molar-refractivity contribution in [3.8, 4) is 0 Å². The summed E-state index contributed by atoms with van der Waals surface area (Å²) >= 11 is 0. The number of aromatic nitrogens is 1. The summed E-state index contributed by atoms with van der Waals surface area (Å²) in [5.41, 5.74) is 0.128. The van der Waals surface area contributed by atoms with E-state index in [9.17, 15) is 23.3 Å². The molecule has 1 saturated heterocycles. The van der Waals surface area contributed by atoms with Gasteiger partial charge in [-0.2, -0.15) is 13.2 Å². The number of nitrogens with zero attached hydrogens (tertiary/aromatic N) is 3. The Morgan fingerprint density at radius 3 is 2.42 bits per heavy atom. The summed E-state index contributed by atoms with van der Waals surface area (Å²) in [4.78, 5) is 16.2. The molecule has 5 nitrogen and oxygen atoms in total. The lowest BCUT2D eigenvalue weighted by Gasteiger charge is -2.17. The molecule has 0 aliphatic carbocycles. The third kappa shape index (κ3) is 3.32. The van der Waals surface area contributed by atoms with Crippen molar-refractivity contribution in [3.05, 3.63) is 63.8 Å². The summed E-state index contributed by atoms with van der Waals surface area (Å²) in [7, 11) is 0. The molecule has 1 fully saturated rings. The van der Waals surface area contributed by atoms with Crippen molar-refractivity contribution in [2.75, 3.05) is 18.0 Å². The fraction of sp³-hybridized carbons (Fsp3) is 0.312. The maximum Gasteiger partial charge on any atom is 0.416 e. The topological polar surface area (TPSA) is 59.3 Å². The lowest BCUT2D eigenvalue weighted by Crippen LogP contribution is -2.20. The zero-order valence-corrected chi connectivity index (χ0v) is 12.5. The van der Waals surface area contributed by atoms with E-state index in [0.29, 0.717) is 18.9 Å². The number of pyridine rings is 1. The summed E-state index contributed by atoms with van der Waals surface area (Å²) in [5.74, 6) is 0.749. The van der Waals surface area contributed by atoms with Gasteiger partial charge in [0.25, 0.3) is 5.69 Å². The molecule has 0 N–H and O–H groups in total. The lowest BCUT2D eigenvalue weighted by atomic mass is 9.97. The standard InChI is InChI=1S/C16H14F3N3O2/c17-16(18,19)13-3-1-11(2-4-13)12-7-8-21(10-12)15-6-5-14(9-20-15)22(23)24/h1-6,9,12H,7-8,10H2. The van der Waals surface area contributed by atoms with Crippen LogP contribution in [0.5, 0.6) is 0 Å². The van der Waals surface area contributed by atoms with Crippen molar-refractivity contribution in [2.24, 2.45) is 0 Å². The summed E-state index contributed by atoms with van der Waals surface area (Å²) in [6.07, 6.45) is -2.33. The average Bonchev–Trinajstić information content (AvgIpc) is 3.04. The van der Waals surface area contributed by atoms with Crippen LogP contribution in [-0.2, 0) is 6.18 Å². The van der Waals surface area contributed by atoms with E-state index >= 15 is 0 Å². The maximum atomic E-state index is 12.6. The quantitative estimate of drug-likeness (QED) is 0.627. The van der Waals surface area contributed by atoms with Gasteiger partial charge in [-0.05, 0) is 30.2 Å². The zero-order chi connectivity index (χ0) is 17.3. The van der Waals surface area contributed by atoms with E-state index in [2.05, 4.69) is 4.98 Å². The molecule has 1 atom stereocenters. The van der Waals surface area contributed by atoms with E-state index in [-0.39, 0.29) is 11.6 Å². The number of hydrogen-bond acceptors (Lipinski definition) is 4. The van der Waals surface area contributed by atoms with E-state index in [4.69, 9.17) is 0 Å². The van der Waals surface area contributed by atoms with E-state index < -0.39 is 16.7 Å². The van der Waals surface area contributed by atoms with Gasteiger partial charge in [-0.25, -0.2) is 4.98 Å². The molecule has 0 saturated carbocycles. The number of anilines is 1. The Bertz CT molecular complexity index is 730. The van der Waals surface area contributed by atoms with Crippen LogP contribution in [0.1, 0.15) is 23.5 Å². The van der Waals surface area contributed by atoms with Gasteiger partial charge in [0.1, 0.15) is 12.0 Å². The van der Waals surface area contributed by atoms with Crippen molar-refractivity contribution in [1.82, 2.24) is 4.98 Å². The van der Waals surface area contributed by atoms with Crippen LogP contribution in [0.15, 0.2) is 42.6 Å². The number of hydrogen-bond donors (Lipinski definition) is 0. The van der Waals surface area contributed by atoms with Crippen LogP contribution in [0.25, 0.3) is 0 Å². The largest absolute Gasteiger partial charge is 0.416 e. The zero-order valence-electron chi connectivity index (χ0n) is 12.5. The molecule has 1 unspecified atom stereocenters. The Balaban J connectivity index is 1.70. The second kappa shape index (κ2) is 6.10. The van der Waals surface area contributed by atoms with Crippen molar-refractivity contribution >= 4 is 11.5 Å². The van der Waals surface area contributed by atoms with E-state index in [1.165, 1.54) is 24.4 Å². The monoisotopic (exact) mass is 337 g/mol. The molecule has 8 heteroatoms. The minimum atomic E-state index is -4.33. The number of benzene rings is 1. The smallest absolute Gasteiger partial charge is 0.356 e. The molecule has 1 aromatic heterocycles. The van der Waals surface area contributed by atoms with Gasteiger partial charge in [-0.3, -0.25) is 10.1 Å². The summed E-state index contributed by atoms with van der Waals surface area (Å²) in [5, 5.41) is 10.6. The number of rotatable bonds is 3. The molecule has 0 spiro atoms. The Morgan fingerprint density at radius 1 is 1.17 bits per heavy atom. The number of nitro groups is 1. The predicted molar refractivity (Wildman–Crippen MR) is 81.9 cm³/mol. The Morgan fingerprint density at radius 2 is 1.88 bits per heavy atom. The fourth-order valence-electron chi connectivity index (χ4n) is 2.86. The number of alkyl halides is 3. The normalized spacial score (nSPS) is 18.0. The van der Waals surface area contributed by atoms with E-state index in [1.54, 1.807) is 6.07 Å². The van der Waals surface area contributed by atoms with Crippen molar-refractivity contribution in [2.45, 2.75) is 18.5 Å². The summed E-state index contributed by atoms with van der Waals surface area (Å²) in [6.45, 7) is 1.33. The van der Waals surface area contributed by atoms with Crippen LogP contribution in [0.2, 0.25) is 0 Å². The van der Waals surface area contributed by atoms with Gasteiger partial charge in [-0.15, -0.1) is 0 Å². The lowest BCUT2D eigenvalue weighted by molar-refractivity contribution is -0.385. The highest BCUT2D eigenvalue weighted by molar-refractivity contribution is 5.45. The molecule has 2 aromatic rings. The van der Waals surface area contributed by atoms with Crippen LogP contribution >= 0.6 is 0 Å². The van der Waals surface area contributed by atoms with Crippen LogP contribution in [0, 0.1) is 10.1 Å². The molecule has 0 bridgehead atoms. The van der Waals surface area contributed by atoms with Crippen LogP contribution < -0.4 is 4.90 Å². The van der Waals surface area contributed by atoms with Gasteiger partial charge in [0, 0.05) is 25.1 Å². The summed E-state index contributed by atoms with van der Waals surface area (Å²) in [6, 6.07) is 8.21. The van der Waals surface area contributed by atoms with Gasteiger partial charge < -0.3 is 4.90 Å². The molecule has 3 rings (SSSR count). The molecule has 1 aromatic carbocycles. The average molecular weight is 337 g/mol. The van der Waals surface area contributed by atoms with Gasteiger partial charge in [0.05, 0.1) is 10.5 Å². The summed E-state index contributed by atoms with van der Waals surface area (Å²) < 4.78 is 37.8. The molecule has 0 radical (unpaired) electrons. The Labute approximate surface area is 135 Å². The van der Waals surface area contributed by atoms with Crippen molar-refractivity contribution in [3.63, 3.8) is 0 Å². The van der Waals surface area contributed by atoms with Gasteiger partial charge in [-0.1, -0.05) is 12.1 Å². The third-order valence-electron chi connectivity index (χ3n) is 4.16. The highest BCUT2D eigenvalue weighted by Crippen LogP contribution is 2.33. The molecule has 1 aliphatic heterocycles. The minimum Gasteiger partial charge on any atom is -0.356 e. The Kier molecular flexibility index (Phi) is 4.13. The SMILES string of the molecule is O=[N+]([O-])c1ccc(N2CCC(c3ccc(C(F)(F)F)cc3)C2)nc1. The number of halogens is 3. The second-order valence-electron chi connectivity index (χ2n) is 5.68. The van der Waals surface area contributed by atoms with Crippen molar-refractivity contribution in [1.29, 1.82) is 0 Å². The first-order valence-corrected chi connectivity index (χ1v) is 7.37. The predicted octanol–water partition coefficient (Wildman–Crippen LogP) is 4.00. The third-order valence-corrected chi connectivity index (χ3v) is 4.16. The first-order chi connectivity index (χ1) is 11.3. The highest BCUT2D eigenvalue weighted by atomic mass is 19.4. The molecule has 1 aliphatic rings. The Hall–Kier alpha value is -2.64.